The molecule has 0 aliphatic rings. The second-order valence-electron chi connectivity index (χ2n) is 4.36. The van der Waals surface area contributed by atoms with Crippen LogP contribution in [-0.4, -0.2) is 37.4 Å². The van der Waals surface area contributed by atoms with Crippen molar-refractivity contribution in [3.8, 4) is 0 Å². The van der Waals surface area contributed by atoms with Gasteiger partial charge in [-0.05, 0) is 12.8 Å². The lowest BCUT2D eigenvalue weighted by atomic mass is 10.2. The lowest BCUT2D eigenvalue weighted by Crippen LogP contribution is -2.38. The number of imidazole rings is 1. The molecule has 1 aromatic rings. The van der Waals surface area contributed by atoms with Gasteiger partial charge in [-0.1, -0.05) is 13.8 Å². The number of aryl methyl sites for hydroxylation is 1. The van der Waals surface area contributed by atoms with Gasteiger partial charge >= 0.3 is 0 Å². The molecule has 0 bridgehead atoms. The van der Waals surface area contributed by atoms with E-state index in [0.717, 1.165) is 0 Å². The normalized spacial score (nSPS) is 11.8. The average Bonchev–Trinajstić information content (AvgIpc) is 2.71. The van der Waals surface area contributed by atoms with Gasteiger partial charge in [0, 0.05) is 6.54 Å². The number of H-pyrrole nitrogens is 1. The first-order valence-electron chi connectivity index (χ1n) is 5.59. The molecule has 1 heterocycles. The van der Waals surface area contributed by atoms with Crippen LogP contribution in [0, 0.1) is 12.8 Å². The van der Waals surface area contributed by atoms with E-state index in [1.807, 2.05) is 13.8 Å². The summed E-state index contributed by atoms with van der Waals surface area (Å²) < 4.78 is 25.7. The van der Waals surface area contributed by atoms with Crippen LogP contribution in [0.1, 0.15) is 19.7 Å². The highest BCUT2D eigenvalue weighted by atomic mass is 32.2. The second-order valence-corrected chi connectivity index (χ2v) is 6.09. The molecule has 0 atom stereocenters. The van der Waals surface area contributed by atoms with Crippen LogP contribution in [0.5, 0.6) is 0 Å². The SMILES string of the molecule is Cc1ncc(S(=O)(=O)NCC(=O)NCC(C)C)[nH]1. The molecule has 0 saturated heterocycles. The number of carbonyl (C=O) groups is 1. The summed E-state index contributed by atoms with van der Waals surface area (Å²) in [4.78, 5) is 17.8. The average molecular weight is 274 g/mol. The standard InChI is InChI=1S/C10H18N4O3S/c1-7(2)4-12-9(15)5-13-18(16,17)10-6-11-8(3)14-10/h6-7,13H,4-5H2,1-3H3,(H,11,14)(H,12,15). The Labute approximate surface area is 106 Å². The summed E-state index contributed by atoms with van der Waals surface area (Å²) in [6.07, 6.45) is 1.21. The van der Waals surface area contributed by atoms with Crippen LogP contribution in [0.25, 0.3) is 0 Å². The zero-order chi connectivity index (χ0) is 13.8. The number of rotatable bonds is 6. The summed E-state index contributed by atoms with van der Waals surface area (Å²) in [6.45, 7) is 5.79. The van der Waals surface area contributed by atoms with Crippen molar-refractivity contribution in [3.05, 3.63) is 12.0 Å². The number of hydrogen-bond donors (Lipinski definition) is 3. The van der Waals surface area contributed by atoms with Gasteiger partial charge in [-0.15, -0.1) is 0 Å². The van der Waals surface area contributed by atoms with E-state index < -0.39 is 10.0 Å². The highest BCUT2D eigenvalue weighted by Crippen LogP contribution is 2.03. The number of amides is 1. The molecular weight excluding hydrogens is 256 g/mol. The minimum atomic E-state index is -3.70. The number of carbonyl (C=O) groups excluding carboxylic acids is 1. The van der Waals surface area contributed by atoms with E-state index in [1.54, 1.807) is 6.92 Å². The van der Waals surface area contributed by atoms with E-state index in [9.17, 15) is 13.2 Å². The molecule has 18 heavy (non-hydrogen) atoms. The molecule has 8 heteroatoms. The van der Waals surface area contributed by atoms with Crippen LogP contribution in [0.3, 0.4) is 0 Å². The molecule has 1 amide bonds. The van der Waals surface area contributed by atoms with Gasteiger partial charge in [0.1, 0.15) is 5.82 Å². The Morgan fingerprint density at radius 2 is 2.17 bits per heavy atom. The molecule has 3 N–H and O–H groups in total. The number of hydrogen-bond acceptors (Lipinski definition) is 4. The van der Waals surface area contributed by atoms with E-state index in [0.29, 0.717) is 18.3 Å². The molecule has 7 nitrogen and oxygen atoms in total. The first-order valence-corrected chi connectivity index (χ1v) is 7.07. The Hall–Kier alpha value is -1.41. The number of nitrogens with one attached hydrogen (secondary N) is 3. The van der Waals surface area contributed by atoms with E-state index in [-0.39, 0.29) is 17.5 Å². The summed E-state index contributed by atoms with van der Waals surface area (Å²) in [5.41, 5.74) is 0. The van der Waals surface area contributed by atoms with Crippen molar-refractivity contribution in [3.63, 3.8) is 0 Å². The van der Waals surface area contributed by atoms with Crippen molar-refractivity contribution in [1.29, 1.82) is 0 Å². The van der Waals surface area contributed by atoms with Gasteiger partial charge in [-0.3, -0.25) is 4.79 Å². The van der Waals surface area contributed by atoms with Gasteiger partial charge < -0.3 is 10.3 Å². The largest absolute Gasteiger partial charge is 0.355 e. The summed E-state index contributed by atoms with van der Waals surface area (Å²) >= 11 is 0. The van der Waals surface area contributed by atoms with E-state index in [4.69, 9.17) is 0 Å². The molecule has 1 aromatic heterocycles. The van der Waals surface area contributed by atoms with E-state index >= 15 is 0 Å². The van der Waals surface area contributed by atoms with Crippen LogP contribution in [0.4, 0.5) is 0 Å². The molecular formula is C10H18N4O3S. The van der Waals surface area contributed by atoms with Crippen molar-refractivity contribution in [2.45, 2.75) is 25.8 Å². The highest BCUT2D eigenvalue weighted by molar-refractivity contribution is 7.89. The van der Waals surface area contributed by atoms with Gasteiger partial charge in [0.15, 0.2) is 5.03 Å². The van der Waals surface area contributed by atoms with Crippen LogP contribution >= 0.6 is 0 Å². The lowest BCUT2D eigenvalue weighted by molar-refractivity contribution is -0.120. The van der Waals surface area contributed by atoms with Crippen molar-refractivity contribution >= 4 is 15.9 Å². The molecule has 0 saturated carbocycles. The van der Waals surface area contributed by atoms with Crippen molar-refractivity contribution < 1.29 is 13.2 Å². The predicted octanol–water partition coefficient (Wildman–Crippen LogP) is -0.231. The van der Waals surface area contributed by atoms with Crippen LogP contribution in [0.15, 0.2) is 11.2 Å². The number of sulfonamides is 1. The fraction of sp³-hybridized carbons (Fsp3) is 0.600. The van der Waals surface area contributed by atoms with Crippen LogP contribution in [-0.2, 0) is 14.8 Å². The molecule has 0 fully saturated rings. The predicted molar refractivity (Wildman–Crippen MR) is 66.4 cm³/mol. The van der Waals surface area contributed by atoms with Gasteiger partial charge in [0.05, 0.1) is 12.7 Å². The van der Waals surface area contributed by atoms with Gasteiger partial charge in [0.25, 0.3) is 10.0 Å². The first kappa shape index (κ1) is 14.7. The number of aromatic nitrogens is 2. The fourth-order valence-corrected chi connectivity index (χ4v) is 2.10. The maximum absolute atomic E-state index is 11.7. The molecule has 1 rings (SSSR count). The Morgan fingerprint density at radius 1 is 1.50 bits per heavy atom. The number of nitrogens with zero attached hydrogens (tertiary/aromatic N) is 1. The van der Waals surface area contributed by atoms with Gasteiger partial charge in [0.2, 0.25) is 5.91 Å². The lowest BCUT2D eigenvalue weighted by Gasteiger charge is -2.08. The van der Waals surface area contributed by atoms with E-state index in [1.165, 1.54) is 6.20 Å². The third kappa shape index (κ3) is 4.46. The van der Waals surface area contributed by atoms with Crippen molar-refractivity contribution in [1.82, 2.24) is 20.0 Å². The quantitative estimate of drug-likeness (QED) is 0.666. The molecule has 0 aromatic carbocycles. The topological polar surface area (TPSA) is 104 Å². The first-order chi connectivity index (χ1) is 8.31. The number of aromatic amines is 1. The third-order valence-electron chi connectivity index (χ3n) is 2.10. The second kappa shape index (κ2) is 5.96. The monoisotopic (exact) mass is 274 g/mol. The Bertz CT molecular complexity index is 507. The maximum atomic E-state index is 11.7. The van der Waals surface area contributed by atoms with Crippen molar-refractivity contribution in [2.24, 2.45) is 5.92 Å². The summed E-state index contributed by atoms with van der Waals surface area (Å²) in [5.74, 6) is 0.462. The van der Waals surface area contributed by atoms with Gasteiger partial charge in [-0.25, -0.2) is 18.1 Å². The Kier molecular flexibility index (Phi) is 4.85. The molecule has 0 unspecified atom stereocenters. The van der Waals surface area contributed by atoms with Crippen LogP contribution in [0.2, 0.25) is 0 Å². The highest BCUT2D eigenvalue weighted by Gasteiger charge is 2.17. The fourth-order valence-electron chi connectivity index (χ4n) is 1.15. The molecule has 0 spiro atoms. The molecule has 0 radical (unpaired) electrons. The molecule has 102 valence electrons. The van der Waals surface area contributed by atoms with Gasteiger partial charge in [-0.2, -0.15) is 0 Å². The Morgan fingerprint density at radius 3 is 2.67 bits per heavy atom. The third-order valence-corrected chi connectivity index (χ3v) is 3.41. The zero-order valence-electron chi connectivity index (χ0n) is 10.6. The summed E-state index contributed by atoms with van der Waals surface area (Å²) in [6, 6.07) is 0. The van der Waals surface area contributed by atoms with E-state index in [2.05, 4.69) is 20.0 Å². The maximum Gasteiger partial charge on any atom is 0.258 e. The Balaban J connectivity index is 2.50. The summed E-state index contributed by atoms with van der Waals surface area (Å²) in [5, 5.41) is 2.57. The zero-order valence-corrected chi connectivity index (χ0v) is 11.5. The minimum Gasteiger partial charge on any atom is -0.355 e. The summed E-state index contributed by atoms with van der Waals surface area (Å²) in [7, 11) is -3.70. The molecule has 0 aliphatic heterocycles. The smallest absolute Gasteiger partial charge is 0.258 e. The molecule has 0 aliphatic carbocycles. The van der Waals surface area contributed by atoms with Crippen molar-refractivity contribution in [2.75, 3.05) is 13.1 Å². The van der Waals surface area contributed by atoms with Crippen LogP contribution < -0.4 is 10.0 Å². The minimum absolute atomic E-state index is 0.0448.